The Labute approximate surface area is 231 Å². The first kappa shape index (κ1) is 26.2. The molecule has 6 heterocycles. The van der Waals surface area contributed by atoms with E-state index in [9.17, 15) is 4.79 Å². The largest absolute Gasteiger partial charge is 0.422 e. The molecule has 2 saturated heterocycles. The quantitative estimate of drug-likeness (QED) is 0.347. The second-order valence-corrected chi connectivity index (χ2v) is 9.86. The molecule has 0 aromatic carbocycles. The third-order valence-corrected chi connectivity index (χ3v) is 7.15. The van der Waals surface area contributed by atoms with E-state index in [4.69, 9.17) is 18.9 Å². The van der Waals surface area contributed by atoms with Crippen molar-refractivity contribution >= 4 is 34.8 Å². The first-order chi connectivity index (χ1) is 19.6. The van der Waals surface area contributed by atoms with Crippen LogP contribution in [0.2, 0.25) is 0 Å². The van der Waals surface area contributed by atoms with Gasteiger partial charge in [-0.25, -0.2) is 9.97 Å². The monoisotopic (exact) mass is 547 g/mol. The lowest BCUT2D eigenvalue weighted by Gasteiger charge is -2.35. The number of pyridine rings is 2. The summed E-state index contributed by atoms with van der Waals surface area (Å²) in [5, 5.41) is 7.19. The number of anilines is 3. The molecule has 4 aromatic rings. The van der Waals surface area contributed by atoms with Crippen molar-refractivity contribution in [2.45, 2.75) is 0 Å². The van der Waals surface area contributed by atoms with E-state index in [-0.39, 0.29) is 5.91 Å². The van der Waals surface area contributed by atoms with E-state index in [1.54, 1.807) is 30.1 Å². The maximum absolute atomic E-state index is 13.7. The normalized spacial score (nSPS) is 16.6. The van der Waals surface area contributed by atoms with E-state index < -0.39 is 0 Å². The number of aryl methyl sites for hydroxylation is 1. The minimum atomic E-state index is -0.314. The number of aromatic nitrogens is 5. The van der Waals surface area contributed by atoms with Crippen LogP contribution in [-0.2, 0) is 16.5 Å². The Hall–Kier alpha value is -4.07. The van der Waals surface area contributed by atoms with Gasteiger partial charge in [0.1, 0.15) is 11.6 Å². The van der Waals surface area contributed by atoms with E-state index >= 15 is 0 Å². The molecular formula is C27H33N9O4. The lowest BCUT2D eigenvalue weighted by molar-refractivity contribution is 0.102. The van der Waals surface area contributed by atoms with Crippen molar-refractivity contribution in [1.29, 1.82) is 0 Å². The van der Waals surface area contributed by atoms with Crippen molar-refractivity contribution in [2.75, 3.05) is 87.9 Å². The number of piperazine rings is 1. The summed E-state index contributed by atoms with van der Waals surface area (Å²) in [6.07, 6.45) is 3.62. The zero-order chi connectivity index (χ0) is 27.5. The predicted octanol–water partition coefficient (Wildman–Crippen LogP) is 1.88. The van der Waals surface area contributed by atoms with Crippen LogP contribution < -0.4 is 15.1 Å². The molecule has 0 bridgehead atoms. The van der Waals surface area contributed by atoms with Gasteiger partial charge < -0.3 is 29.0 Å². The molecule has 0 spiro atoms. The molecule has 4 aromatic heterocycles. The van der Waals surface area contributed by atoms with Gasteiger partial charge in [-0.1, -0.05) is 6.07 Å². The summed E-state index contributed by atoms with van der Waals surface area (Å²) in [6, 6.07) is 7.74. The van der Waals surface area contributed by atoms with Crippen LogP contribution in [0.3, 0.4) is 0 Å². The summed E-state index contributed by atoms with van der Waals surface area (Å²) in [5.74, 6) is 0.710. The fraction of sp³-hybridized carbons (Fsp3) is 0.444. The molecule has 0 atom stereocenters. The predicted molar refractivity (Wildman–Crippen MR) is 150 cm³/mol. The van der Waals surface area contributed by atoms with Crippen LogP contribution in [0.1, 0.15) is 10.4 Å². The van der Waals surface area contributed by atoms with Crippen molar-refractivity contribution < 1.29 is 18.7 Å². The maximum atomic E-state index is 13.7. The van der Waals surface area contributed by atoms with Crippen molar-refractivity contribution in [3.8, 4) is 11.3 Å². The molecule has 2 aliphatic heterocycles. The Bertz CT molecular complexity index is 1470. The van der Waals surface area contributed by atoms with Crippen molar-refractivity contribution in [3.05, 3.63) is 42.2 Å². The summed E-state index contributed by atoms with van der Waals surface area (Å²) in [4.78, 5) is 34.4. The van der Waals surface area contributed by atoms with E-state index in [0.717, 1.165) is 44.0 Å². The van der Waals surface area contributed by atoms with Gasteiger partial charge in [0.25, 0.3) is 11.9 Å². The number of rotatable bonds is 8. The van der Waals surface area contributed by atoms with Crippen LogP contribution >= 0.6 is 0 Å². The smallest absolute Gasteiger partial charge is 0.300 e. The number of carbonyl (C=O) groups is 1. The third kappa shape index (κ3) is 5.62. The number of nitrogens with zero attached hydrogens (tertiary/aromatic N) is 8. The van der Waals surface area contributed by atoms with Crippen LogP contribution in [0.4, 0.5) is 17.7 Å². The Kier molecular flexibility index (Phi) is 7.58. The molecule has 0 aliphatic carbocycles. The molecule has 210 valence electrons. The third-order valence-electron chi connectivity index (χ3n) is 7.15. The summed E-state index contributed by atoms with van der Waals surface area (Å²) in [5.41, 5.74) is 2.94. The number of oxazole rings is 1. The first-order valence-electron chi connectivity index (χ1n) is 13.5. The lowest BCUT2D eigenvalue weighted by atomic mass is 10.2. The average molecular weight is 548 g/mol. The number of hydrogen-bond acceptors (Lipinski definition) is 11. The van der Waals surface area contributed by atoms with Gasteiger partial charge in [-0.2, -0.15) is 10.1 Å². The molecule has 1 amide bonds. The van der Waals surface area contributed by atoms with Crippen LogP contribution in [0.5, 0.6) is 0 Å². The number of amides is 1. The van der Waals surface area contributed by atoms with E-state index in [2.05, 4.69) is 30.2 Å². The second-order valence-electron chi connectivity index (χ2n) is 9.86. The summed E-state index contributed by atoms with van der Waals surface area (Å²) >= 11 is 0. The second kappa shape index (κ2) is 11.6. The van der Waals surface area contributed by atoms with Gasteiger partial charge in [0.15, 0.2) is 5.58 Å². The highest BCUT2D eigenvalue weighted by molar-refractivity contribution is 6.08. The molecule has 6 rings (SSSR count). The standard InChI is InChI=1S/C27H33N9O4/c1-33-18-19(17-28-33)21-4-3-5-23(29-21)30-26(37)20-16-22-24(32-27(40-22)36-11-14-39-15-12-36)31-25(20)35-8-6-34(7-9-35)10-13-38-2/h3-5,16-18H,6-15H2,1-2H3,(H,29,30,37). The number of methoxy groups -OCH3 is 1. The molecule has 1 N–H and O–H groups in total. The summed E-state index contributed by atoms with van der Waals surface area (Å²) in [7, 11) is 3.57. The fourth-order valence-corrected chi connectivity index (χ4v) is 4.95. The molecule has 0 radical (unpaired) electrons. The van der Waals surface area contributed by atoms with Gasteiger partial charge in [0.05, 0.1) is 37.3 Å². The molecule has 0 unspecified atom stereocenters. The zero-order valence-corrected chi connectivity index (χ0v) is 22.7. The minimum Gasteiger partial charge on any atom is -0.422 e. The highest BCUT2D eigenvalue weighted by Gasteiger charge is 2.26. The number of morpholine rings is 1. The van der Waals surface area contributed by atoms with E-state index in [0.29, 0.717) is 67.4 Å². The maximum Gasteiger partial charge on any atom is 0.300 e. The highest BCUT2D eigenvalue weighted by atomic mass is 16.5. The molecule has 40 heavy (non-hydrogen) atoms. The number of nitrogens with one attached hydrogen (secondary N) is 1. The van der Waals surface area contributed by atoms with E-state index in [1.807, 2.05) is 30.3 Å². The summed E-state index contributed by atoms with van der Waals surface area (Å²) < 4.78 is 18.5. The summed E-state index contributed by atoms with van der Waals surface area (Å²) in [6.45, 7) is 7.31. The molecule has 2 fully saturated rings. The molecule has 13 heteroatoms. The van der Waals surface area contributed by atoms with Gasteiger partial charge in [0.2, 0.25) is 5.65 Å². The van der Waals surface area contributed by atoms with Gasteiger partial charge in [-0.05, 0) is 12.1 Å². The average Bonchev–Trinajstić information content (AvgIpc) is 3.62. The SMILES string of the molecule is COCCN1CCN(c2nc3nc(N4CCOCC4)oc3cc2C(=O)Nc2cccc(-c3cnn(C)c3)n2)CC1. The van der Waals surface area contributed by atoms with Gasteiger partial charge in [0, 0.05) is 77.8 Å². The Morgan fingerprint density at radius 1 is 1.05 bits per heavy atom. The molecule has 0 saturated carbocycles. The number of ether oxygens (including phenoxy) is 2. The van der Waals surface area contributed by atoms with Gasteiger partial charge in [-0.15, -0.1) is 0 Å². The highest BCUT2D eigenvalue weighted by Crippen LogP contribution is 2.29. The Morgan fingerprint density at radius 3 is 2.62 bits per heavy atom. The number of hydrogen-bond donors (Lipinski definition) is 1. The Balaban J connectivity index is 1.30. The van der Waals surface area contributed by atoms with Crippen LogP contribution in [0.25, 0.3) is 22.5 Å². The lowest BCUT2D eigenvalue weighted by Crippen LogP contribution is -2.48. The van der Waals surface area contributed by atoms with E-state index in [1.165, 1.54) is 0 Å². The zero-order valence-electron chi connectivity index (χ0n) is 22.7. The topological polar surface area (TPSA) is 127 Å². The van der Waals surface area contributed by atoms with Crippen molar-refractivity contribution in [1.82, 2.24) is 29.6 Å². The minimum absolute atomic E-state index is 0.314. The molecule has 13 nitrogen and oxygen atoms in total. The molecular weight excluding hydrogens is 514 g/mol. The first-order valence-corrected chi connectivity index (χ1v) is 13.5. The van der Waals surface area contributed by atoms with Crippen molar-refractivity contribution in [3.63, 3.8) is 0 Å². The molecule has 2 aliphatic rings. The van der Waals surface area contributed by atoms with Crippen LogP contribution in [-0.4, -0.2) is 108 Å². The van der Waals surface area contributed by atoms with Gasteiger partial charge >= 0.3 is 0 Å². The Morgan fingerprint density at radius 2 is 1.88 bits per heavy atom. The number of carbonyl (C=O) groups excluding carboxylic acids is 1. The van der Waals surface area contributed by atoms with Crippen LogP contribution in [0.15, 0.2) is 41.1 Å². The van der Waals surface area contributed by atoms with Crippen LogP contribution in [0, 0.1) is 0 Å². The van der Waals surface area contributed by atoms with Crippen molar-refractivity contribution in [2.24, 2.45) is 7.05 Å². The number of fused-ring (bicyclic) bond motifs is 1. The van der Waals surface area contributed by atoms with Gasteiger partial charge in [-0.3, -0.25) is 14.4 Å². The fourth-order valence-electron chi connectivity index (χ4n) is 4.95.